The first-order valence-corrected chi connectivity index (χ1v) is 10.8. The van der Waals surface area contributed by atoms with Crippen LogP contribution in [0.2, 0.25) is 5.02 Å². The molecule has 1 aliphatic rings. The minimum Gasteiger partial charge on any atom is -0.352 e. The van der Waals surface area contributed by atoms with Gasteiger partial charge >= 0.3 is 0 Å². The minimum absolute atomic E-state index is 0.0130. The van der Waals surface area contributed by atoms with E-state index in [0.29, 0.717) is 21.2 Å². The van der Waals surface area contributed by atoms with E-state index in [1.165, 1.54) is 28.7 Å². The summed E-state index contributed by atoms with van der Waals surface area (Å²) in [6, 6.07) is 7.57. The second-order valence-corrected chi connectivity index (χ2v) is 8.74. The van der Waals surface area contributed by atoms with Crippen LogP contribution in [0.1, 0.15) is 32.6 Å². The molecule has 2 aromatic heterocycles. The van der Waals surface area contributed by atoms with Crippen LogP contribution in [0.25, 0.3) is 21.3 Å². The van der Waals surface area contributed by atoms with Crippen LogP contribution in [-0.4, -0.2) is 21.5 Å². The van der Waals surface area contributed by atoms with Gasteiger partial charge in [-0.15, -0.1) is 11.3 Å². The van der Waals surface area contributed by atoms with Gasteiger partial charge in [0.25, 0.3) is 5.56 Å². The van der Waals surface area contributed by atoms with Gasteiger partial charge < -0.3 is 5.32 Å². The molecule has 4 rings (SSSR count). The number of benzene rings is 1. The quantitative estimate of drug-likeness (QED) is 0.683. The SMILES string of the molecule is C[C@H]1CCCC[C@H]1NC(=O)Cn1cnc2scc(-c3ccc(Cl)cc3)c2c1=O. The molecule has 1 N–H and O–H groups in total. The lowest BCUT2D eigenvalue weighted by Crippen LogP contribution is -2.43. The Balaban J connectivity index is 1.60. The van der Waals surface area contributed by atoms with E-state index in [9.17, 15) is 9.59 Å². The van der Waals surface area contributed by atoms with Crippen LogP contribution in [0, 0.1) is 5.92 Å². The van der Waals surface area contributed by atoms with Crippen LogP contribution in [0.5, 0.6) is 0 Å². The molecule has 0 unspecified atom stereocenters. The van der Waals surface area contributed by atoms with E-state index in [1.54, 1.807) is 12.1 Å². The molecule has 7 heteroatoms. The van der Waals surface area contributed by atoms with Crippen LogP contribution in [0.15, 0.2) is 40.8 Å². The molecular formula is C21H22ClN3O2S. The minimum atomic E-state index is -0.192. The Hall–Kier alpha value is -2.18. The van der Waals surface area contributed by atoms with E-state index in [2.05, 4.69) is 17.2 Å². The molecule has 1 aromatic carbocycles. The molecule has 0 aliphatic heterocycles. The predicted molar refractivity (Wildman–Crippen MR) is 114 cm³/mol. The monoisotopic (exact) mass is 415 g/mol. The van der Waals surface area contributed by atoms with Gasteiger partial charge in [-0.25, -0.2) is 4.98 Å². The highest BCUT2D eigenvalue weighted by Gasteiger charge is 2.23. The van der Waals surface area contributed by atoms with Crippen LogP contribution >= 0.6 is 22.9 Å². The average Bonchev–Trinajstić information content (AvgIpc) is 3.11. The second-order valence-electron chi connectivity index (χ2n) is 7.45. The van der Waals surface area contributed by atoms with Gasteiger partial charge in [0.15, 0.2) is 0 Å². The molecule has 0 bridgehead atoms. The van der Waals surface area contributed by atoms with Crippen LogP contribution < -0.4 is 10.9 Å². The summed E-state index contributed by atoms with van der Waals surface area (Å²) in [5.74, 6) is 0.341. The van der Waals surface area contributed by atoms with Gasteiger partial charge in [-0.3, -0.25) is 14.2 Å². The first-order chi connectivity index (χ1) is 13.5. The molecule has 0 saturated heterocycles. The van der Waals surface area contributed by atoms with Crippen molar-refractivity contribution in [1.29, 1.82) is 0 Å². The largest absolute Gasteiger partial charge is 0.352 e. The van der Waals surface area contributed by atoms with Crippen molar-refractivity contribution in [1.82, 2.24) is 14.9 Å². The highest BCUT2D eigenvalue weighted by Crippen LogP contribution is 2.31. The zero-order chi connectivity index (χ0) is 19.7. The maximum absolute atomic E-state index is 13.1. The average molecular weight is 416 g/mol. The molecule has 1 amide bonds. The van der Waals surface area contributed by atoms with Gasteiger partial charge in [-0.1, -0.05) is 43.5 Å². The summed E-state index contributed by atoms with van der Waals surface area (Å²) in [6.45, 7) is 2.16. The summed E-state index contributed by atoms with van der Waals surface area (Å²) in [5.41, 5.74) is 1.54. The van der Waals surface area contributed by atoms with Crippen molar-refractivity contribution in [3.63, 3.8) is 0 Å². The number of carbonyl (C=O) groups is 1. The van der Waals surface area contributed by atoms with E-state index in [0.717, 1.165) is 30.4 Å². The van der Waals surface area contributed by atoms with Gasteiger partial charge in [0.1, 0.15) is 11.4 Å². The summed E-state index contributed by atoms with van der Waals surface area (Å²) >= 11 is 7.40. The molecule has 1 fully saturated rings. The molecule has 5 nitrogen and oxygen atoms in total. The first kappa shape index (κ1) is 19.2. The Morgan fingerprint density at radius 3 is 2.79 bits per heavy atom. The highest BCUT2D eigenvalue weighted by atomic mass is 35.5. The second kappa shape index (κ2) is 8.05. The number of nitrogens with one attached hydrogen (secondary N) is 1. The van der Waals surface area contributed by atoms with E-state index < -0.39 is 0 Å². The van der Waals surface area contributed by atoms with Gasteiger partial charge in [0.05, 0.1) is 11.7 Å². The number of fused-ring (bicyclic) bond motifs is 1. The predicted octanol–water partition coefficient (Wildman–Crippen LogP) is 4.47. The Kier molecular flexibility index (Phi) is 5.51. The fourth-order valence-corrected chi connectivity index (χ4v) is 4.89. The van der Waals surface area contributed by atoms with Crippen LogP contribution in [-0.2, 0) is 11.3 Å². The number of rotatable bonds is 4. The third kappa shape index (κ3) is 3.84. The van der Waals surface area contributed by atoms with Gasteiger partial charge in [-0.05, 0) is 36.5 Å². The van der Waals surface area contributed by atoms with Crippen molar-refractivity contribution in [2.24, 2.45) is 5.92 Å². The van der Waals surface area contributed by atoms with Gasteiger partial charge in [0, 0.05) is 22.0 Å². The molecule has 2 heterocycles. The Labute approximate surface area is 172 Å². The number of amides is 1. The molecule has 3 aromatic rings. The topological polar surface area (TPSA) is 64.0 Å². The molecule has 0 spiro atoms. The van der Waals surface area contributed by atoms with Crippen LogP contribution in [0.4, 0.5) is 0 Å². The Bertz CT molecular complexity index is 1060. The molecule has 1 aliphatic carbocycles. The number of nitrogens with zero attached hydrogens (tertiary/aromatic N) is 2. The van der Waals surface area contributed by atoms with Gasteiger partial charge in [0.2, 0.25) is 5.91 Å². The lowest BCUT2D eigenvalue weighted by atomic mass is 9.86. The van der Waals surface area contributed by atoms with Gasteiger partial charge in [-0.2, -0.15) is 0 Å². The van der Waals surface area contributed by atoms with Crippen LogP contribution in [0.3, 0.4) is 0 Å². The number of hydrogen-bond donors (Lipinski definition) is 1. The number of hydrogen-bond acceptors (Lipinski definition) is 4. The van der Waals surface area contributed by atoms with Crippen molar-refractivity contribution in [2.75, 3.05) is 0 Å². The lowest BCUT2D eigenvalue weighted by Gasteiger charge is -2.29. The van der Waals surface area contributed by atoms with Crippen molar-refractivity contribution in [2.45, 2.75) is 45.2 Å². The number of carbonyl (C=O) groups excluding carboxylic acids is 1. The molecule has 146 valence electrons. The Morgan fingerprint density at radius 2 is 2.04 bits per heavy atom. The van der Waals surface area contributed by atoms with Crippen molar-refractivity contribution in [3.05, 3.63) is 51.3 Å². The standard InChI is InChI=1S/C21H22ClN3O2S/c1-13-4-2-3-5-17(13)24-18(26)10-25-12-23-20-19(21(25)27)16(11-28-20)14-6-8-15(22)9-7-14/h6-9,11-13,17H,2-5,10H2,1H3,(H,24,26)/t13-,17+/m0/s1. The molecule has 0 radical (unpaired) electrons. The zero-order valence-corrected chi connectivity index (χ0v) is 17.2. The maximum Gasteiger partial charge on any atom is 0.263 e. The molecule has 1 saturated carbocycles. The van der Waals surface area contributed by atoms with E-state index in [1.807, 2.05) is 17.5 Å². The summed E-state index contributed by atoms with van der Waals surface area (Å²) in [7, 11) is 0. The maximum atomic E-state index is 13.1. The fourth-order valence-electron chi connectivity index (χ4n) is 3.86. The third-order valence-corrected chi connectivity index (χ3v) is 6.63. The molecule has 28 heavy (non-hydrogen) atoms. The fraction of sp³-hybridized carbons (Fsp3) is 0.381. The van der Waals surface area contributed by atoms with E-state index in [4.69, 9.17) is 11.6 Å². The van der Waals surface area contributed by atoms with E-state index >= 15 is 0 Å². The summed E-state index contributed by atoms with van der Waals surface area (Å²) in [6.07, 6.45) is 5.97. The first-order valence-electron chi connectivity index (χ1n) is 9.55. The third-order valence-electron chi connectivity index (χ3n) is 5.49. The number of aromatic nitrogens is 2. The number of thiophene rings is 1. The zero-order valence-electron chi connectivity index (χ0n) is 15.7. The molecular weight excluding hydrogens is 394 g/mol. The highest BCUT2D eigenvalue weighted by molar-refractivity contribution is 7.17. The normalized spacial score (nSPS) is 19.6. The summed E-state index contributed by atoms with van der Waals surface area (Å²) < 4.78 is 1.40. The lowest BCUT2D eigenvalue weighted by molar-refractivity contribution is -0.123. The number of halogens is 1. The summed E-state index contributed by atoms with van der Waals surface area (Å²) in [4.78, 5) is 30.7. The van der Waals surface area contributed by atoms with Crippen molar-refractivity contribution < 1.29 is 4.79 Å². The smallest absolute Gasteiger partial charge is 0.263 e. The molecule has 2 atom stereocenters. The van der Waals surface area contributed by atoms with E-state index in [-0.39, 0.29) is 24.1 Å². The Morgan fingerprint density at radius 1 is 1.29 bits per heavy atom. The summed E-state index contributed by atoms with van der Waals surface area (Å²) in [5, 5.41) is 6.22. The van der Waals surface area contributed by atoms with Crippen molar-refractivity contribution >= 4 is 39.1 Å². The van der Waals surface area contributed by atoms with Crippen molar-refractivity contribution in [3.8, 4) is 11.1 Å².